The summed E-state index contributed by atoms with van der Waals surface area (Å²) in [5.74, 6) is -0.287. The quantitative estimate of drug-likeness (QED) is 0.637. The zero-order valence-electron chi connectivity index (χ0n) is 11.5. The van der Waals surface area contributed by atoms with E-state index >= 15 is 0 Å². The van der Waals surface area contributed by atoms with Gasteiger partial charge in [0.2, 0.25) is 0 Å². The molecular formula is C16H14BrFN2S. The predicted molar refractivity (Wildman–Crippen MR) is 89.7 cm³/mol. The fraction of sp³-hybridized carbons (Fsp3) is 0.188. The summed E-state index contributed by atoms with van der Waals surface area (Å²) in [5.41, 5.74) is 4.22. The minimum Gasteiger partial charge on any atom is -0.330 e. The molecule has 0 bridgehead atoms. The van der Waals surface area contributed by atoms with Gasteiger partial charge in [-0.2, -0.15) is 0 Å². The Morgan fingerprint density at radius 3 is 2.81 bits per heavy atom. The van der Waals surface area contributed by atoms with Crippen LogP contribution in [0.25, 0.3) is 11.0 Å². The van der Waals surface area contributed by atoms with E-state index in [1.54, 1.807) is 6.07 Å². The molecule has 3 rings (SSSR count). The third-order valence-electron chi connectivity index (χ3n) is 3.68. The molecule has 1 heterocycles. The number of fused-ring (bicyclic) bond motifs is 1. The number of imidazole rings is 1. The number of aryl methyl sites for hydroxylation is 3. The molecule has 2 nitrogen and oxygen atoms in total. The number of rotatable bonds is 3. The monoisotopic (exact) mass is 364 g/mol. The highest BCUT2D eigenvalue weighted by atomic mass is 79.9. The van der Waals surface area contributed by atoms with Gasteiger partial charge in [-0.25, -0.2) is 4.39 Å². The maximum Gasteiger partial charge on any atom is 0.178 e. The molecule has 21 heavy (non-hydrogen) atoms. The van der Waals surface area contributed by atoms with Crippen molar-refractivity contribution < 1.29 is 4.39 Å². The maximum atomic E-state index is 13.6. The van der Waals surface area contributed by atoms with Gasteiger partial charge in [-0.05, 0) is 58.7 Å². The van der Waals surface area contributed by atoms with Crippen LogP contribution in [-0.2, 0) is 13.0 Å². The van der Waals surface area contributed by atoms with Crippen molar-refractivity contribution in [3.63, 3.8) is 0 Å². The van der Waals surface area contributed by atoms with E-state index < -0.39 is 0 Å². The molecule has 0 radical (unpaired) electrons. The van der Waals surface area contributed by atoms with Gasteiger partial charge in [-0.1, -0.05) is 24.3 Å². The molecule has 0 aliphatic carbocycles. The predicted octanol–water partition coefficient (Wildman–Crippen LogP) is 5.15. The lowest BCUT2D eigenvalue weighted by Gasteiger charge is -2.08. The SMILES string of the molecule is Cc1ccccc1CCn1c(=S)[nH]c2cc(F)c(Br)cc21. The molecule has 1 N–H and O–H groups in total. The van der Waals surface area contributed by atoms with E-state index in [4.69, 9.17) is 12.2 Å². The normalized spacial score (nSPS) is 11.2. The first-order valence-corrected chi connectivity index (χ1v) is 7.88. The number of aromatic amines is 1. The van der Waals surface area contributed by atoms with Gasteiger partial charge in [0.05, 0.1) is 15.5 Å². The molecule has 2 aromatic carbocycles. The van der Waals surface area contributed by atoms with Crippen LogP contribution in [0.5, 0.6) is 0 Å². The van der Waals surface area contributed by atoms with E-state index in [2.05, 4.69) is 40.0 Å². The highest BCUT2D eigenvalue weighted by molar-refractivity contribution is 9.10. The summed E-state index contributed by atoms with van der Waals surface area (Å²) in [5, 5.41) is 0. The fourth-order valence-electron chi connectivity index (χ4n) is 2.50. The van der Waals surface area contributed by atoms with E-state index in [1.807, 2.05) is 16.7 Å². The Bertz CT molecular complexity index is 866. The Labute approximate surface area is 135 Å². The van der Waals surface area contributed by atoms with Crippen molar-refractivity contribution in [2.45, 2.75) is 19.9 Å². The van der Waals surface area contributed by atoms with Gasteiger partial charge in [-0.3, -0.25) is 0 Å². The number of halogens is 2. The molecule has 1 aromatic heterocycles. The van der Waals surface area contributed by atoms with Crippen LogP contribution in [0.3, 0.4) is 0 Å². The molecule has 0 saturated heterocycles. The van der Waals surface area contributed by atoms with Gasteiger partial charge < -0.3 is 9.55 Å². The molecule has 0 amide bonds. The first-order chi connectivity index (χ1) is 10.1. The molecule has 108 valence electrons. The molecule has 3 aromatic rings. The zero-order chi connectivity index (χ0) is 15.0. The summed E-state index contributed by atoms with van der Waals surface area (Å²) in [7, 11) is 0. The maximum absolute atomic E-state index is 13.6. The number of hydrogen-bond acceptors (Lipinski definition) is 1. The Morgan fingerprint density at radius 2 is 2.05 bits per heavy atom. The summed E-state index contributed by atoms with van der Waals surface area (Å²) in [6.45, 7) is 2.87. The van der Waals surface area contributed by atoms with Crippen LogP contribution in [0, 0.1) is 17.5 Å². The fourth-order valence-corrected chi connectivity index (χ4v) is 3.13. The highest BCUT2D eigenvalue weighted by Gasteiger charge is 2.09. The molecule has 0 spiro atoms. The van der Waals surface area contributed by atoms with Gasteiger partial charge in [0.25, 0.3) is 0 Å². The van der Waals surface area contributed by atoms with Crippen LogP contribution in [0.4, 0.5) is 4.39 Å². The van der Waals surface area contributed by atoms with E-state index in [0.717, 1.165) is 24.0 Å². The van der Waals surface area contributed by atoms with E-state index in [1.165, 1.54) is 17.2 Å². The second kappa shape index (κ2) is 5.73. The summed E-state index contributed by atoms with van der Waals surface area (Å²) in [4.78, 5) is 3.06. The number of benzene rings is 2. The molecular weight excluding hydrogens is 351 g/mol. The lowest BCUT2D eigenvalue weighted by Crippen LogP contribution is -2.02. The van der Waals surface area contributed by atoms with Crippen molar-refractivity contribution in [1.82, 2.24) is 9.55 Å². The Balaban J connectivity index is 1.97. The number of H-pyrrole nitrogens is 1. The van der Waals surface area contributed by atoms with Crippen molar-refractivity contribution in [3.8, 4) is 0 Å². The number of hydrogen-bond donors (Lipinski definition) is 1. The standard InChI is InChI=1S/C16H14BrFN2S/c1-10-4-2-3-5-11(10)6-7-20-15-8-12(17)13(18)9-14(15)19-16(20)21/h2-5,8-9H,6-7H2,1H3,(H,19,21). The minimum absolute atomic E-state index is 0.287. The molecule has 0 saturated carbocycles. The van der Waals surface area contributed by atoms with Gasteiger partial charge in [-0.15, -0.1) is 0 Å². The number of aromatic nitrogens is 2. The van der Waals surface area contributed by atoms with Crippen molar-refractivity contribution >= 4 is 39.2 Å². The van der Waals surface area contributed by atoms with Crippen molar-refractivity contribution in [3.05, 3.63) is 62.6 Å². The van der Waals surface area contributed by atoms with E-state index in [0.29, 0.717) is 9.24 Å². The lowest BCUT2D eigenvalue weighted by atomic mass is 10.1. The molecule has 0 aliphatic rings. The Morgan fingerprint density at radius 1 is 1.29 bits per heavy atom. The first-order valence-electron chi connectivity index (χ1n) is 6.68. The van der Waals surface area contributed by atoms with Crippen LogP contribution >= 0.6 is 28.1 Å². The average Bonchev–Trinajstić information content (AvgIpc) is 2.74. The summed E-state index contributed by atoms with van der Waals surface area (Å²) < 4.78 is 16.7. The van der Waals surface area contributed by atoms with Crippen LogP contribution < -0.4 is 0 Å². The lowest BCUT2D eigenvalue weighted by molar-refractivity contribution is 0.622. The second-order valence-corrected chi connectivity index (χ2v) is 6.28. The minimum atomic E-state index is -0.287. The van der Waals surface area contributed by atoms with Crippen LogP contribution in [0.2, 0.25) is 0 Å². The van der Waals surface area contributed by atoms with E-state index in [9.17, 15) is 4.39 Å². The first kappa shape index (κ1) is 14.5. The number of nitrogens with zero attached hydrogens (tertiary/aromatic N) is 1. The van der Waals surface area contributed by atoms with Crippen molar-refractivity contribution in [2.75, 3.05) is 0 Å². The molecule has 0 unspecified atom stereocenters. The summed E-state index contributed by atoms with van der Waals surface area (Å²) in [6, 6.07) is 11.6. The van der Waals surface area contributed by atoms with Gasteiger partial charge >= 0.3 is 0 Å². The third-order valence-corrected chi connectivity index (χ3v) is 4.61. The van der Waals surface area contributed by atoms with Crippen molar-refractivity contribution in [2.24, 2.45) is 0 Å². The molecule has 0 fully saturated rings. The second-order valence-electron chi connectivity index (χ2n) is 5.04. The summed E-state index contributed by atoms with van der Waals surface area (Å²) in [6.07, 6.45) is 0.892. The zero-order valence-corrected chi connectivity index (χ0v) is 13.9. The van der Waals surface area contributed by atoms with Gasteiger partial charge in [0.1, 0.15) is 5.82 Å². The van der Waals surface area contributed by atoms with Crippen LogP contribution in [-0.4, -0.2) is 9.55 Å². The largest absolute Gasteiger partial charge is 0.330 e. The number of nitrogens with one attached hydrogen (secondary N) is 1. The van der Waals surface area contributed by atoms with Gasteiger partial charge in [0, 0.05) is 12.6 Å². The third kappa shape index (κ3) is 2.80. The van der Waals surface area contributed by atoms with Gasteiger partial charge in [0.15, 0.2) is 4.77 Å². The Hall–Kier alpha value is -1.46. The summed E-state index contributed by atoms with van der Waals surface area (Å²) >= 11 is 8.59. The Kier molecular flexibility index (Phi) is 3.95. The van der Waals surface area contributed by atoms with E-state index in [-0.39, 0.29) is 5.82 Å². The highest BCUT2D eigenvalue weighted by Crippen LogP contribution is 2.23. The molecule has 5 heteroatoms. The molecule has 0 aliphatic heterocycles. The van der Waals surface area contributed by atoms with Crippen molar-refractivity contribution in [1.29, 1.82) is 0 Å². The smallest absolute Gasteiger partial charge is 0.178 e. The topological polar surface area (TPSA) is 20.7 Å². The van der Waals surface area contributed by atoms with Crippen LogP contribution in [0.1, 0.15) is 11.1 Å². The molecule has 0 atom stereocenters. The van der Waals surface area contributed by atoms with Crippen LogP contribution in [0.15, 0.2) is 40.9 Å². The average molecular weight is 365 g/mol.